The fraction of sp³-hybridized carbons (Fsp3) is 0.611. The van der Waals surface area contributed by atoms with Gasteiger partial charge >= 0.3 is 0 Å². The molecule has 1 aromatic rings. The van der Waals surface area contributed by atoms with Crippen molar-refractivity contribution in [1.82, 2.24) is 15.4 Å². The molecular weight excluding hydrogens is 479 g/mol. The Kier molecular flexibility index (Phi) is 10.6. The van der Waals surface area contributed by atoms with Crippen LogP contribution in [-0.4, -0.2) is 46.7 Å². The van der Waals surface area contributed by atoms with Crippen LogP contribution >= 0.6 is 24.0 Å². The maximum Gasteiger partial charge on any atom is 0.216 e. The minimum absolute atomic E-state index is 0. The predicted molar refractivity (Wildman–Crippen MR) is 120 cm³/mol. The Morgan fingerprint density at radius 3 is 2.44 bits per heavy atom. The van der Waals surface area contributed by atoms with Crippen LogP contribution in [0.2, 0.25) is 0 Å². The van der Waals surface area contributed by atoms with Crippen molar-refractivity contribution >= 4 is 40.0 Å². The van der Waals surface area contributed by atoms with E-state index in [9.17, 15) is 8.42 Å². The number of nitrogens with one attached hydrogen (secondary N) is 3. The third kappa shape index (κ3) is 9.22. The van der Waals surface area contributed by atoms with E-state index in [4.69, 9.17) is 4.74 Å². The van der Waals surface area contributed by atoms with Crippen LogP contribution in [0.25, 0.3) is 0 Å². The van der Waals surface area contributed by atoms with Crippen LogP contribution < -0.4 is 15.4 Å². The normalized spacial score (nSPS) is 17.6. The number of nitrogens with zero attached hydrogens (tertiary/aromatic N) is 1. The van der Waals surface area contributed by atoms with Gasteiger partial charge in [0.2, 0.25) is 10.0 Å². The Bertz CT molecular complexity index is 687. The van der Waals surface area contributed by atoms with Gasteiger partial charge in [0.25, 0.3) is 0 Å². The number of hydrogen-bond acceptors (Lipinski definition) is 4. The van der Waals surface area contributed by atoms with Gasteiger partial charge in [-0.1, -0.05) is 24.3 Å². The third-order valence-corrected chi connectivity index (χ3v) is 5.54. The number of halogens is 1. The molecule has 1 heterocycles. The molecule has 154 valence electrons. The highest BCUT2D eigenvalue weighted by atomic mass is 127. The van der Waals surface area contributed by atoms with E-state index >= 15 is 0 Å². The highest BCUT2D eigenvalue weighted by Gasteiger charge is 2.15. The summed E-state index contributed by atoms with van der Waals surface area (Å²) in [6.45, 7) is 5.83. The van der Waals surface area contributed by atoms with Gasteiger partial charge in [0.05, 0.1) is 11.9 Å². The monoisotopic (exact) mass is 510 g/mol. The Morgan fingerprint density at radius 1 is 1.22 bits per heavy atom. The molecule has 9 heteroatoms. The van der Waals surface area contributed by atoms with Crippen molar-refractivity contribution in [1.29, 1.82) is 0 Å². The Labute approximate surface area is 179 Å². The zero-order valence-electron chi connectivity index (χ0n) is 16.2. The van der Waals surface area contributed by atoms with E-state index in [0.717, 1.165) is 43.1 Å². The molecule has 0 spiro atoms. The molecule has 7 nitrogen and oxygen atoms in total. The zero-order valence-corrected chi connectivity index (χ0v) is 19.3. The van der Waals surface area contributed by atoms with Gasteiger partial charge in [-0.2, -0.15) is 0 Å². The quantitative estimate of drug-likeness (QED) is 0.283. The molecule has 1 aliphatic rings. The second kappa shape index (κ2) is 11.8. The van der Waals surface area contributed by atoms with E-state index in [1.807, 2.05) is 38.1 Å². The van der Waals surface area contributed by atoms with Crippen molar-refractivity contribution in [2.75, 3.05) is 20.2 Å². The molecule has 0 radical (unpaired) electrons. The molecule has 1 unspecified atom stereocenters. The number of hydrogen-bond donors (Lipinski definition) is 3. The molecule has 0 bridgehead atoms. The van der Waals surface area contributed by atoms with E-state index in [-0.39, 0.29) is 41.9 Å². The molecule has 1 saturated heterocycles. The summed E-state index contributed by atoms with van der Waals surface area (Å²) >= 11 is 0. The largest absolute Gasteiger partial charge is 0.376 e. The van der Waals surface area contributed by atoms with Gasteiger partial charge in [-0.3, -0.25) is 4.99 Å². The first-order valence-corrected chi connectivity index (χ1v) is 10.7. The van der Waals surface area contributed by atoms with E-state index in [1.54, 1.807) is 7.05 Å². The zero-order chi connectivity index (χ0) is 19.0. The van der Waals surface area contributed by atoms with Gasteiger partial charge in [-0.25, -0.2) is 13.1 Å². The average molecular weight is 510 g/mol. The number of ether oxygens (including phenoxy) is 1. The van der Waals surface area contributed by atoms with Gasteiger partial charge in [0.1, 0.15) is 0 Å². The average Bonchev–Trinajstić information content (AvgIpc) is 3.08. The van der Waals surface area contributed by atoms with Crippen LogP contribution in [0.1, 0.15) is 37.8 Å². The summed E-state index contributed by atoms with van der Waals surface area (Å²) in [6, 6.07) is 7.46. The van der Waals surface area contributed by atoms with E-state index in [2.05, 4.69) is 20.3 Å². The number of guanidine groups is 1. The van der Waals surface area contributed by atoms with Gasteiger partial charge in [0.15, 0.2) is 5.96 Å². The number of sulfonamides is 1. The Balaban J connectivity index is 0.00000364. The summed E-state index contributed by atoms with van der Waals surface area (Å²) in [5.74, 6) is 0.719. The minimum atomic E-state index is -3.30. The maximum absolute atomic E-state index is 12.0. The van der Waals surface area contributed by atoms with Gasteiger partial charge in [-0.05, 0) is 37.8 Å². The van der Waals surface area contributed by atoms with Crippen molar-refractivity contribution in [3.05, 3.63) is 35.4 Å². The van der Waals surface area contributed by atoms with Crippen molar-refractivity contribution in [3.63, 3.8) is 0 Å². The second-order valence-corrected chi connectivity index (χ2v) is 8.54. The number of aliphatic imine (C=N–C) groups is 1. The highest BCUT2D eigenvalue weighted by Crippen LogP contribution is 2.10. The van der Waals surface area contributed by atoms with E-state index < -0.39 is 10.0 Å². The van der Waals surface area contributed by atoms with Crippen LogP contribution in [-0.2, 0) is 27.1 Å². The van der Waals surface area contributed by atoms with Crippen molar-refractivity contribution in [2.24, 2.45) is 4.99 Å². The summed E-state index contributed by atoms with van der Waals surface area (Å²) in [7, 11) is -1.56. The third-order valence-electron chi connectivity index (χ3n) is 4.00. The topological polar surface area (TPSA) is 91.8 Å². The molecule has 1 atom stereocenters. The van der Waals surface area contributed by atoms with Gasteiger partial charge < -0.3 is 15.4 Å². The number of rotatable bonds is 8. The van der Waals surface area contributed by atoms with Crippen LogP contribution in [0, 0.1) is 0 Å². The molecule has 1 aromatic carbocycles. The second-order valence-electron chi connectivity index (χ2n) is 6.79. The van der Waals surface area contributed by atoms with Crippen molar-refractivity contribution < 1.29 is 13.2 Å². The molecule has 2 rings (SSSR count). The molecule has 27 heavy (non-hydrogen) atoms. The lowest BCUT2D eigenvalue weighted by atomic mass is 10.1. The summed E-state index contributed by atoms with van der Waals surface area (Å²) < 4.78 is 32.1. The fourth-order valence-electron chi connectivity index (χ4n) is 2.80. The SMILES string of the molecule is CN=C(NCc1ccc(CS(=O)(=O)NC(C)C)cc1)NCC1CCCO1.I. The Hall–Kier alpha value is -0.910. The molecule has 1 aliphatic heterocycles. The van der Waals surface area contributed by atoms with Crippen molar-refractivity contribution in [2.45, 2.75) is 51.1 Å². The number of benzene rings is 1. The summed E-state index contributed by atoms with van der Waals surface area (Å²) in [4.78, 5) is 4.21. The first-order chi connectivity index (χ1) is 12.4. The first kappa shape index (κ1) is 24.1. The molecule has 0 amide bonds. The molecule has 1 fully saturated rings. The van der Waals surface area contributed by atoms with Gasteiger partial charge in [-0.15, -0.1) is 24.0 Å². The lowest BCUT2D eigenvalue weighted by Crippen LogP contribution is -2.40. The molecule has 0 saturated carbocycles. The standard InChI is InChI=1S/C18H30N4O3S.HI/c1-14(2)22-26(23,24)13-16-8-6-15(7-9-16)11-20-18(19-3)21-12-17-5-4-10-25-17;/h6-9,14,17,22H,4-5,10-13H2,1-3H3,(H2,19,20,21);1H. The molecule has 3 N–H and O–H groups in total. The lowest BCUT2D eigenvalue weighted by Gasteiger charge is -2.15. The summed E-state index contributed by atoms with van der Waals surface area (Å²) in [5, 5.41) is 6.52. The van der Waals surface area contributed by atoms with E-state index in [1.165, 1.54) is 0 Å². The molecule has 0 aromatic heterocycles. The summed E-state index contributed by atoms with van der Waals surface area (Å²) in [5.41, 5.74) is 1.82. The van der Waals surface area contributed by atoms with Crippen molar-refractivity contribution in [3.8, 4) is 0 Å². The van der Waals surface area contributed by atoms with Crippen LogP contribution in [0.4, 0.5) is 0 Å². The van der Waals surface area contributed by atoms with E-state index in [0.29, 0.717) is 6.54 Å². The fourth-order valence-corrected chi connectivity index (χ4v) is 4.23. The minimum Gasteiger partial charge on any atom is -0.376 e. The van der Waals surface area contributed by atoms with Crippen LogP contribution in [0.3, 0.4) is 0 Å². The first-order valence-electron chi connectivity index (χ1n) is 9.02. The molecule has 0 aliphatic carbocycles. The maximum atomic E-state index is 12.0. The van der Waals surface area contributed by atoms with Crippen LogP contribution in [0.15, 0.2) is 29.3 Å². The highest BCUT2D eigenvalue weighted by molar-refractivity contribution is 14.0. The lowest BCUT2D eigenvalue weighted by molar-refractivity contribution is 0.114. The predicted octanol–water partition coefficient (Wildman–Crippen LogP) is 1.98. The molecular formula is C18H31IN4O3S. The summed E-state index contributed by atoms with van der Waals surface area (Å²) in [6.07, 6.45) is 2.46. The smallest absolute Gasteiger partial charge is 0.216 e. The Morgan fingerprint density at radius 2 is 1.89 bits per heavy atom. The van der Waals surface area contributed by atoms with Gasteiger partial charge in [0, 0.05) is 32.8 Å². The van der Waals surface area contributed by atoms with Crippen LogP contribution in [0.5, 0.6) is 0 Å².